The molecule has 3 rings (SSSR count). The lowest BCUT2D eigenvalue weighted by molar-refractivity contribution is 0.0992. The second-order valence-electron chi connectivity index (χ2n) is 4.82. The predicted octanol–water partition coefficient (Wildman–Crippen LogP) is 3.01. The van der Waals surface area contributed by atoms with Crippen molar-refractivity contribution in [3.63, 3.8) is 0 Å². The molecular formula is C16H13F2NO3. The van der Waals surface area contributed by atoms with E-state index in [0.717, 1.165) is 12.1 Å². The predicted molar refractivity (Wildman–Crippen MR) is 76.5 cm³/mol. The molecule has 1 aliphatic heterocycles. The van der Waals surface area contributed by atoms with E-state index < -0.39 is 17.5 Å². The minimum atomic E-state index is -1.05. The highest BCUT2D eigenvalue weighted by atomic mass is 19.2. The van der Waals surface area contributed by atoms with Gasteiger partial charge in [0.2, 0.25) is 0 Å². The van der Waals surface area contributed by atoms with Gasteiger partial charge in [-0.1, -0.05) is 0 Å². The van der Waals surface area contributed by atoms with E-state index in [0.29, 0.717) is 30.4 Å². The van der Waals surface area contributed by atoms with Crippen molar-refractivity contribution in [1.82, 2.24) is 0 Å². The van der Waals surface area contributed by atoms with Crippen molar-refractivity contribution in [3.05, 3.63) is 53.6 Å². The molecule has 4 nitrogen and oxygen atoms in total. The Hall–Kier alpha value is -2.63. The van der Waals surface area contributed by atoms with Crippen molar-refractivity contribution >= 4 is 11.6 Å². The number of carbonyl (C=O) groups excluding carboxylic acids is 1. The van der Waals surface area contributed by atoms with E-state index in [1.165, 1.54) is 11.0 Å². The molecule has 0 saturated carbocycles. The maximum atomic E-state index is 13.2. The second kappa shape index (κ2) is 5.63. The number of anilines is 1. The Kier molecular flexibility index (Phi) is 3.66. The van der Waals surface area contributed by atoms with Gasteiger partial charge in [-0.15, -0.1) is 0 Å². The SMILES string of the molecule is CN(C(=O)c1ccc(F)c(F)c1)c1ccc2c(c1)OCCO2. The van der Waals surface area contributed by atoms with Gasteiger partial charge in [0.15, 0.2) is 23.1 Å². The number of hydrogen-bond acceptors (Lipinski definition) is 3. The number of fused-ring (bicyclic) bond motifs is 1. The van der Waals surface area contributed by atoms with Crippen molar-refractivity contribution in [2.75, 3.05) is 25.2 Å². The molecule has 1 heterocycles. The highest BCUT2D eigenvalue weighted by molar-refractivity contribution is 6.05. The molecule has 0 aromatic heterocycles. The monoisotopic (exact) mass is 305 g/mol. The Bertz CT molecular complexity index is 733. The molecule has 0 radical (unpaired) electrons. The molecule has 0 fully saturated rings. The number of hydrogen-bond donors (Lipinski definition) is 0. The Balaban J connectivity index is 1.87. The summed E-state index contributed by atoms with van der Waals surface area (Å²) in [4.78, 5) is 13.7. The molecule has 2 aromatic carbocycles. The molecular weight excluding hydrogens is 292 g/mol. The molecule has 0 bridgehead atoms. The van der Waals surface area contributed by atoms with Crippen LogP contribution in [0.3, 0.4) is 0 Å². The fraction of sp³-hybridized carbons (Fsp3) is 0.188. The molecule has 0 atom stereocenters. The third-order valence-corrected chi connectivity index (χ3v) is 3.38. The molecule has 22 heavy (non-hydrogen) atoms. The molecule has 0 unspecified atom stereocenters. The summed E-state index contributed by atoms with van der Waals surface area (Å²) < 4.78 is 37.1. The zero-order chi connectivity index (χ0) is 15.7. The fourth-order valence-corrected chi connectivity index (χ4v) is 2.18. The van der Waals surface area contributed by atoms with Crippen LogP contribution in [0.2, 0.25) is 0 Å². The maximum absolute atomic E-state index is 13.2. The van der Waals surface area contributed by atoms with E-state index in [1.54, 1.807) is 25.2 Å². The smallest absolute Gasteiger partial charge is 0.258 e. The van der Waals surface area contributed by atoms with Gasteiger partial charge >= 0.3 is 0 Å². The number of rotatable bonds is 2. The largest absolute Gasteiger partial charge is 0.486 e. The molecule has 1 amide bonds. The fourth-order valence-electron chi connectivity index (χ4n) is 2.18. The van der Waals surface area contributed by atoms with E-state index in [1.807, 2.05) is 0 Å². The first-order chi connectivity index (χ1) is 10.6. The van der Waals surface area contributed by atoms with Crippen LogP contribution in [0.1, 0.15) is 10.4 Å². The highest BCUT2D eigenvalue weighted by Gasteiger charge is 2.18. The molecule has 0 aliphatic carbocycles. The van der Waals surface area contributed by atoms with Crippen LogP contribution >= 0.6 is 0 Å². The Morgan fingerprint density at radius 2 is 1.73 bits per heavy atom. The van der Waals surface area contributed by atoms with Crippen molar-refractivity contribution in [3.8, 4) is 11.5 Å². The zero-order valence-electron chi connectivity index (χ0n) is 11.8. The lowest BCUT2D eigenvalue weighted by Gasteiger charge is -2.22. The van der Waals surface area contributed by atoms with Crippen molar-refractivity contribution in [2.45, 2.75) is 0 Å². The summed E-state index contributed by atoms with van der Waals surface area (Å²) >= 11 is 0. The van der Waals surface area contributed by atoms with Gasteiger partial charge in [-0.2, -0.15) is 0 Å². The van der Waals surface area contributed by atoms with Crippen molar-refractivity contribution in [2.24, 2.45) is 0 Å². The Morgan fingerprint density at radius 1 is 1.00 bits per heavy atom. The van der Waals surface area contributed by atoms with Gasteiger partial charge in [-0.25, -0.2) is 8.78 Å². The molecule has 0 spiro atoms. The van der Waals surface area contributed by atoms with Crippen LogP contribution in [-0.4, -0.2) is 26.2 Å². The number of ether oxygens (including phenoxy) is 2. The number of benzene rings is 2. The summed E-state index contributed by atoms with van der Waals surface area (Å²) in [6, 6.07) is 8.14. The lowest BCUT2D eigenvalue weighted by atomic mass is 10.1. The highest BCUT2D eigenvalue weighted by Crippen LogP contribution is 2.34. The topological polar surface area (TPSA) is 38.8 Å². The van der Waals surface area contributed by atoms with Crippen LogP contribution in [0, 0.1) is 11.6 Å². The summed E-state index contributed by atoms with van der Waals surface area (Å²) in [6.45, 7) is 0.924. The van der Waals surface area contributed by atoms with Crippen LogP contribution in [0.5, 0.6) is 11.5 Å². The van der Waals surface area contributed by atoms with Crippen molar-refractivity contribution < 1.29 is 23.0 Å². The van der Waals surface area contributed by atoms with Crippen LogP contribution in [0.4, 0.5) is 14.5 Å². The quantitative estimate of drug-likeness (QED) is 0.856. The third kappa shape index (κ3) is 2.59. The molecule has 114 valence electrons. The van der Waals surface area contributed by atoms with E-state index in [4.69, 9.17) is 9.47 Å². The molecule has 6 heteroatoms. The number of carbonyl (C=O) groups is 1. The molecule has 0 N–H and O–H groups in total. The molecule has 0 saturated heterocycles. The molecule has 1 aliphatic rings. The summed E-state index contributed by atoms with van der Waals surface area (Å²) in [5.74, 6) is -1.33. The summed E-state index contributed by atoms with van der Waals surface area (Å²) in [7, 11) is 1.55. The van der Waals surface area contributed by atoms with Crippen LogP contribution in [0.25, 0.3) is 0 Å². The van der Waals surface area contributed by atoms with Crippen LogP contribution in [0.15, 0.2) is 36.4 Å². The first kappa shape index (κ1) is 14.3. The normalized spacial score (nSPS) is 12.9. The minimum Gasteiger partial charge on any atom is -0.486 e. The third-order valence-electron chi connectivity index (χ3n) is 3.38. The maximum Gasteiger partial charge on any atom is 0.258 e. The lowest BCUT2D eigenvalue weighted by Crippen LogP contribution is -2.26. The first-order valence-corrected chi connectivity index (χ1v) is 6.69. The summed E-state index contributed by atoms with van der Waals surface area (Å²) in [5, 5.41) is 0. The minimum absolute atomic E-state index is 0.0660. The standard InChI is InChI=1S/C16H13F2NO3/c1-19(16(20)10-2-4-12(17)13(18)8-10)11-3-5-14-15(9-11)22-7-6-21-14/h2-5,8-9H,6-7H2,1H3. The number of halogens is 2. The van der Waals surface area contributed by atoms with Gasteiger partial charge in [0, 0.05) is 24.4 Å². The second-order valence-corrected chi connectivity index (χ2v) is 4.82. The molecule has 2 aromatic rings. The van der Waals surface area contributed by atoms with E-state index >= 15 is 0 Å². The Morgan fingerprint density at radius 3 is 2.45 bits per heavy atom. The first-order valence-electron chi connectivity index (χ1n) is 6.69. The van der Waals surface area contributed by atoms with Gasteiger partial charge in [0.25, 0.3) is 5.91 Å². The van der Waals surface area contributed by atoms with Gasteiger partial charge in [0.05, 0.1) is 0 Å². The average Bonchev–Trinajstić information content (AvgIpc) is 2.55. The number of nitrogens with zero attached hydrogens (tertiary/aromatic N) is 1. The average molecular weight is 305 g/mol. The van der Waals surface area contributed by atoms with Crippen LogP contribution in [-0.2, 0) is 0 Å². The Labute approximate surface area is 125 Å². The van der Waals surface area contributed by atoms with Crippen LogP contribution < -0.4 is 14.4 Å². The van der Waals surface area contributed by atoms with E-state index in [9.17, 15) is 13.6 Å². The van der Waals surface area contributed by atoms with Gasteiger partial charge in [0.1, 0.15) is 13.2 Å². The van der Waals surface area contributed by atoms with E-state index in [-0.39, 0.29) is 5.56 Å². The zero-order valence-corrected chi connectivity index (χ0v) is 11.8. The number of amides is 1. The van der Waals surface area contributed by atoms with E-state index in [2.05, 4.69) is 0 Å². The summed E-state index contributed by atoms with van der Waals surface area (Å²) in [5.41, 5.74) is 0.635. The summed E-state index contributed by atoms with van der Waals surface area (Å²) in [6.07, 6.45) is 0. The van der Waals surface area contributed by atoms with Crippen molar-refractivity contribution in [1.29, 1.82) is 0 Å². The van der Waals surface area contributed by atoms with Gasteiger partial charge in [-0.3, -0.25) is 4.79 Å². The van der Waals surface area contributed by atoms with Gasteiger partial charge in [-0.05, 0) is 30.3 Å². The van der Waals surface area contributed by atoms with Gasteiger partial charge < -0.3 is 14.4 Å².